The Kier molecular flexibility index (Phi) is 10.9. The van der Waals surface area contributed by atoms with Gasteiger partial charge >= 0.3 is 18.0 Å². The molecule has 0 bridgehead atoms. The van der Waals surface area contributed by atoms with Gasteiger partial charge in [-0.15, -0.1) is 0 Å². The van der Waals surface area contributed by atoms with Gasteiger partial charge in [-0.05, 0) is 30.0 Å². The molecule has 0 aliphatic carbocycles. The number of ether oxygens (including phenoxy) is 2. The second kappa shape index (κ2) is 13.4. The molecule has 0 aliphatic heterocycles. The van der Waals surface area contributed by atoms with E-state index in [0.29, 0.717) is 12.2 Å². The second-order valence-electron chi connectivity index (χ2n) is 7.07. The Labute approximate surface area is 185 Å². The number of nitro benzene ring substituents is 1. The van der Waals surface area contributed by atoms with Gasteiger partial charge in [-0.1, -0.05) is 44.2 Å². The molecule has 0 spiro atoms. The van der Waals surface area contributed by atoms with E-state index in [-0.39, 0.29) is 18.2 Å². The molecule has 2 rings (SSSR count). The first-order chi connectivity index (χ1) is 15.1. The van der Waals surface area contributed by atoms with Crippen LogP contribution in [0.5, 0.6) is 5.75 Å². The van der Waals surface area contributed by atoms with E-state index in [1.807, 2.05) is 44.2 Å². The summed E-state index contributed by atoms with van der Waals surface area (Å²) in [4.78, 5) is 42.7. The average molecular weight is 446 g/mol. The summed E-state index contributed by atoms with van der Waals surface area (Å²) in [5, 5.41) is 21.6. The molecule has 0 aromatic heterocycles. The maximum atomic E-state index is 11.5. The number of non-ortho nitro benzene ring substituents is 1. The molecule has 0 radical (unpaired) electrons. The number of aliphatic carboxylic acids is 1. The predicted molar refractivity (Wildman–Crippen MR) is 115 cm³/mol. The summed E-state index contributed by atoms with van der Waals surface area (Å²) in [5.41, 5.74) is 0.823. The van der Waals surface area contributed by atoms with Gasteiger partial charge in [0.05, 0.1) is 4.92 Å². The summed E-state index contributed by atoms with van der Waals surface area (Å²) in [6.45, 7) is 5.18. The topological polar surface area (TPSA) is 145 Å². The van der Waals surface area contributed by atoms with E-state index < -0.39 is 29.0 Å². The van der Waals surface area contributed by atoms with Crippen LogP contribution >= 0.6 is 0 Å². The van der Waals surface area contributed by atoms with Crippen LogP contribution in [0.4, 0.5) is 10.5 Å². The van der Waals surface area contributed by atoms with Crippen LogP contribution in [0.25, 0.3) is 0 Å². The third-order valence-corrected chi connectivity index (χ3v) is 3.82. The van der Waals surface area contributed by atoms with Crippen LogP contribution in [0.3, 0.4) is 0 Å². The van der Waals surface area contributed by atoms with Gasteiger partial charge in [-0.25, -0.2) is 9.59 Å². The number of nitrogens with zero attached hydrogens (tertiary/aromatic N) is 1. The van der Waals surface area contributed by atoms with Crippen LogP contribution in [0.2, 0.25) is 0 Å². The van der Waals surface area contributed by atoms with E-state index in [0.717, 1.165) is 5.56 Å². The smallest absolute Gasteiger partial charge is 0.408 e. The van der Waals surface area contributed by atoms with Crippen molar-refractivity contribution in [1.29, 1.82) is 0 Å². The number of amides is 1. The fourth-order valence-corrected chi connectivity index (χ4v) is 2.40. The van der Waals surface area contributed by atoms with Crippen LogP contribution in [0.1, 0.15) is 32.8 Å². The Morgan fingerprint density at radius 2 is 1.66 bits per heavy atom. The highest BCUT2D eigenvalue weighted by molar-refractivity contribution is 5.79. The lowest BCUT2D eigenvalue weighted by atomic mass is 10.0. The van der Waals surface area contributed by atoms with Crippen LogP contribution in [-0.2, 0) is 20.9 Å². The van der Waals surface area contributed by atoms with E-state index in [1.54, 1.807) is 0 Å². The second-order valence-corrected chi connectivity index (χ2v) is 7.07. The molecule has 172 valence electrons. The van der Waals surface area contributed by atoms with Gasteiger partial charge in [0.25, 0.3) is 5.69 Å². The first-order valence-electron chi connectivity index (χ1n) is 9.71. The number of benzene rings is 2. The third kappa shape index (κ3) is 10.7. The van der Waals surface area contributed by atoms with Gasteiger partial charge < -0.3 is 19.9 Å². The summed E-state index contributed by atoms with van der Waals surface area (Å²) in [6, 6.07) is 13.6. The molecule has 1 atom stereocenters. The van der Waals surface area contributed by atoms with Gasteiger partial charge in [-0.3, -0.25) is 14.9 Å². The molecule has 0 unspecified atom stereocenters. The van der Waals surface area contributed by atoms with Crippen molar-refractivity contribution in [3.8, 4) is 5.75 Å². The predicted octanol–water partition coefficient (Wildman–Crippen LogP) is 3.93. The number of rotatable bonds is 8. The lowest BCUT2D eigenvalue weighted by Crippen LogP contribution is -2.41. The molecule has 0 saturated carbocycles. The largest absolute Gasteiger partial charge is 0.480 e. The SMILES string of the molecule is CC(=O)Oc1ccc([N+](=O)[O-])cc1.CC(C)C[C@H](NC(=O)OCc1ccccc1)C(=O)O. The number of hydrogen-bond acceptors (Lipinski definition) is 7. The summed E-state index contributed by atoms with van der Waals surface area (Å²) in [6.07, 6.45) is -0.340. The molecule has 32 heavy (non-hydrogen) atoms. The molecule has 0 saturated heterocycles. The lowest BCUT2D eigenvalue weighted by molar-refractivity contribution is -0.384. The minimum absolute atomic E-state index is 0.0316. The number of alkyl carbamates (subject to hydrolysis) is 1. The normalized spacial score (nSPS) is 10.9. The summed E-state index contributed by atoms with van der Waals surface area (Å²) in [7, 11) is 0. The number of nitrogens with one attached hydrogen (secondary N) is 1. The number of nitro groups is 1. The Morgan fingerprint density at radius 3 is 2.12 bits per heavy atom. The summed E-state index contributed by atoms with van der Waals surface area (Å²) in [5.74, 6) is -1.02. The van der Waals surface area contributed by atoms with Crippen LogP contribution in [0.15, 0.2) is 54.6 Å². The maximum absolute atomic E-state index is 11.5. The van der Waals surface area contributed by atoms with Crippen LogP contribution in [0, 0.1) is 16.0 Å². The van der Waals surface area contributed by atoms with E-state index in [2.05, 4.69) is 10.1 Å². The fraction of sp³-hybridized carbons (Fsp3) is 0.318. The van der Waals surface area contributed by atoms with Crippen molar-refractivity contribution in [2.75, 3.05) is 0 Å². The molecule has 0 aliphatic rings. The zero-order valence-electron chi connectivity index (χ0n) is 18.0. The van der Waals surface area contributed by atoms with E-state index in [9.17, 15) is 24.5 Å². The number of carboxylic acids is 1. The quantitative estimate of drug-likeness (QED) is 0.268. The van der Waals surface area contributed by atoms with Crippen molar-refractivity contribution in [2.45, 2.75) is 39.8 Å². The number of carbonyl (C=O) groups excluding carboxylic acids is 2. The number of carboxylic acid groups (broad SMARTS) is 1. The van der Waals surface area contributed by atoms with E-state index >= 15 is 0 Å². The van der Waals surface area contributed by atoms with Gasteiger partial charge in [-0.2, -0.15) is 0 Å². The monoisotopic (exact) mass is 446 g/mol. The van der Waals surface area contributed by atoms with Crippen molar-refractivity contribution in [1.82, 2.24) is 5.32 Å². The van der Waals surface area contributed by atoms with Crippen molar-refractivity contribution in [3.63, 3.8) is 0 Å². The highest BCUT2D eigenvalue weighted by atomic mass is 16.6. The molecule has 10 nitrogen and oxygen atoms in total. The fourth-order valence-electron chi connectivity index (χ4n) is 2.40. The Balaban J connectivity index is 0.000000343. The van der Waals surface area contributed by atoms with Crippen molar-refractivity contribution in [3.05, 3.63) is 70.3 Å². The number of carbonyl (C=O) groups is 3. The molecule has 2 N–H and O–H groups in total. The Morgan fingerprint density at radius 1 is 1.06 bits per heavy atom. The zero-order chi connectivity index (χ0) is 24.1. The van der Waals surface area contributed by atoms with Crippen LogP contribution < -0.4 is 10.1 Å². The molecule has 1 amide bonds. The standard InChI is InChI=1S/C14H19NO4.C8H7NO4/c1-10(2)8-12(13(16)17)15-14(18)19-9-11-6-4-3-5-7-11;1-6(10)13-8-4-2-7(3-5-8)9(11)12/h3-7,10,12H,8-9H2,1-2H3,(H,15,18)(H,16,17);2-5H,1H3/t12-;/m0./s1. The summed E-state index contributed by atoms with van der Waals surface area (Å²) >= 11 is 0. The van der Waals surface area contributed by atoms with Gasteiger partial charge in [0, 0.05) is 19.1 Å². The molecule has 10 heteroatoms. The minimum Gasteiger partial charge on any atom is -0.480 e. The van der Waals surface area contributed by atoms with Crippen LogP contribution in [-0.4, -0.2) is 34.1 Å². The highest BCUT2D eigenvalue weighted by Crippen LogP contribution is 2.17. The maximum Gasteiger partial charge on any atom is 0.408 e. The first-order valence-corrected chi connectivity index (χ1v) is 9.71. The minimum atomic E-state index is -1.05. The van der Waals surface area contributed by atoms with E-state index in [4.69, 9.17) is 9.84 Å². The lowest BCUT2D eigenvalue weighted by Gasteiger charge is -2.16. The first kappa shape index (κ1) is 26.1. The van der Waals surface area contributed by atoms with E-state index in [1.165, 1.54) is 31.2 Å². The summed E-state index contributed by atoms with van der Waals surface area (Å²) < 4.78 is 9.66. The average Bonchev–Trinajstić information content (AvgIpc) is 2.72. The molecule has 0 fully saturated rings. The van der Waals surface area contributed by atoms with Gasteiger partial charge in [0.15, 0.2) is 0 Å². The molecular formula is C22H26N2O8. The Bertz CT molecular complexity index is 898. The zero-order valence-corrected chi connectivity index (χ0v) is 18.0. The third-order valence-electron chi connectivity index (χ3n) is 3.82. The van der Waals surface area contributed by atoms with Crippen molar-refractivity contribution >= 4 is 23.7 Å². The van der Waals surface area contributed by atoms with Gasteiger partial charge in [0.1, 0.15) is 18.4 Å². The van der Waals surface area contributed by atoms with Gasteiger partial charge in [0.2, 0.25) is 0 Å². The molecule has 0 heterocycles. The highest BCUT2D eigenvalue weighted by Gasteiger charge is 2.21. The Hall–Kier alpha value is -3.95. The molecular weight excluding hydrogens is 420 g/mol. The molecule has 2 aromatic rings. The number of esters is 1. The molecule has 2 aromatic carbocycles. The van der Waals surface area contributed by atoms with Crippen molar-refractivity contribution in [2.24, 2.45) is 5.92 Å². The van der Waals surface area contributed by atoms with Crippen molar-refractivity contribution < 1.29 is 33.9 Å². The number of hydrogen-bond donors (Lipinski definition) is 2.